The molecule has 2 aromatic carbocycles. The van der Waals surface area contributed by atoms with Crippen molar-refractivity contribution >= 4 is 34.5 Å². The third kappa shape index (κ3) is 4.71. The average molecular weight is 387 g/mol. The highest BCUT2D eigenvalue weighted by Gasteiger charge is 2.12. The molecule has 4 rings (SSSR count). The number of carbonyl (C=O) groups excluding carboxylic acids is 1. The van der Waals surface area contributed by atoms with Crippen LogP contribution in [0.2, 0.25) is 0 Å². The molecule has 1 saturated heterocycles. The molecule has 2 heterocycles. The number of benzene rings is 2. The van der Waals surface area contributed by atoms with Crippen LogP contribution in [-0.2, 0) is 0 Å². The lowest BCUT2D eigenvalue weighted by atomic mass is 10.1. The fourth-order valence-corrected chi connectivity index (χ4v) is 3.54. The molecule has 3 aromatic rings. The molecule has 1 aromatic heterocycles. The molecule has 0 spiro atoms. The Morgan fingerprint density at radius 2 is 1.55 bits per heavy atom. The Balaban J connectivity index is 1.49. The monoisotopic (exact) mass is 387 g/mol. The van der Waals surface area contributed by atoms with Gasteiger partial charge in [0.05, 0.1) is 0 Å². The number of rotatable bonds is 6. The van der Waals surface area contributed by atoms with Gasteiger partial charge in [-0.3, -0.25) is 4.79 Å². The molecule has 0 amide bonds. The summed E-state index contributed by atoms with van der Waals surface area (Å²) in [6.45, 7) is 5.69. The maximum atomic E-state index is 11.6. The van der Waals surface area contributed by atoms with Crippen molar-refractivity contribution in [2.24, 2.45) is 0 Å². The van der Waals surface area contributed by atoms with Crippen molar-refractivity contribution in [3.63, 3.8) is 0 Å². The van der Waals surface area contributed by atoms with E-state index in [0.717, 1.165) is 30.3 Å². The number of nitrogens with one attached hydrogen (secondary N) is 2. The molecule has 1 aliphatic heterocycles. The molecular formula is C23H25N5O. The Morgan fingerprint density at radius 1 is 0.897 bits per heavy atom. The first-order valence-corrected chi connectivity index (χ1v) is 9.92. The summed E-state index contributed by atoms with van der Waals surface area (Å²) in [5.74, 6) is 2.09. The highest BCUT2D eigenvalue weighted by molar-refractivity contribution is 5.95. The van der Waals surface area contributed by atoms with Gasteiger partial charge in [-0.25, -0.2) is 9.97 Å². The summed E-state index contributed by atoms with van der Waals surface area (Å²) in [6.07, 6.45) is 2.54. The van der Waals surface area contributed by atoms with Crippen molar-refractivity contribution in [1.29, 1.82) is 0 Å². The van der Waals surface area contributed by atoms with Gasteiger partial charge in [0.15, 0.2) is 5.78 Å². The van der Waals surface area contributed by atoms with Crippen molar-refractivity contribution in [2.45, 2.75) is 26.7 Å². The lowest BCUT2D eigenvalue weighted by Gasteiger charge is -2.18. The SMILES string of the molecule is CC(=O)c1cccc(Nc2cc(Nc3ccc(N4CCCC4)cc3)nc(C)n2)c1. The van der Waals surface area contributed by atoms with E-state index in [-0.39, 0.29) is 5.78 Å². The molecule has 0 saturated carbocycles. The van der Waals surface area contributed by atoms with Crippen molar-refractivity contribution in [3.05, 3.63) is 66.0 Å². The number of hydrogen-bond donors (Lipinski definition) is 2. The van der Waals surface area contributed by atoms with Crippen LogP contribution < -0.4 is 15.5 Å². The first-order chi connectivity index (χ1) is 14.1. The van der Waals surface area contributed by atoms with Crippen LogP contribution in [-0.4, -0.2) is 28.8 Å². The molecule has 148 valence electrons. The van der Waals surface area contributed by atoms with E-state index >= 15 is 0 Å². The third-order valence-corrected chi connectivity index (χ3v) is 4.99. The minimum Gasteiger partial charge on any atom is -0.372 e. The Labute approximate surface area is 171 Å². The lowest BCUT2D eigenvalue weighted by Crippen LogP contribution is -2.17. The van der Waals surface area contributed by atoms with Crippen LogP contribution in [0.5, 0.6) is 0 Å². The lowest BCUT2D eigenvalue weighted by molar-refractivity contribution is 0.101. The van der Waals surface area contributed by atoms with Crippen LogP contribution in [0.3, 0.4) is 0 Å². The Hall–Kier alpha value is -3.41. The van der Waals surface area contributed by atoms with Gasteiger partial charge in [0.2, 0.25) is 0 Å². The predicted molar refractivity (Wildman–Crippen MR) is 118 cm³/mol. The normalized spacial score (nSPS) is 13.4. The highest BCUT2D eigenvalue weighted by atomic mass is 16.1. The van der Waals surface area contributed by atoms with Crippen LogP contribution in [0.1, 0.15) is 35.9 Å². The van der Waals surface area contributed by atoms with E-state index in [9.17, 15) is 4.79 Å². The summed E-state index contributed by atoms with van der Waals surface area (Å²) in [4.78, 5) is 23.0. The summed E-state index contributed by atoms with van der Waals surface area (Å²) in [5.41, 5.74) is 3.73. The number of carbonyl (C=O) groups is 1. The van der Waals surface area contributed by atoms with Crippen molar-refractivity contribution < 1.29 is 4.79 Å². The van der Waals surface area contributed by atoms with Gasteiger partial charge < -0.3 is 15.5 Å². The van der Waals surface area contributed by atoms with Gasteiger partial charge in [-0.2, -0.15) is 0 Å². The van der Waals surface area contributed by atoms with Crippen LogP contribution >= 0.6 is 0 Å². The summed E-state index contributed by atoms with van der Waals surface area (Å²) in [6, 6.07) is 17.7. The van der Waals surface area contributed by atoms with Crippen molar-refractivity contribution in [2.75, 3.05) is 28.6 Å². The second kappa shape index (κ2) is 8.31. The molecular weight excluding hydrogens is 362 g/mol. The summed E-state index contributed by atoms with van der Waals surface area (Å²) < 4.78 is 0. The molecule has 0 radical (unpaired) electrons. The molecule has 1 fully saturated rings. The summed E-state index contributed by atoms with van der Waals surface area (Å²) >= 11 is 0. The first-order valence-electron chi connectivity index (χ1n) is 9.92. The van der Waals surface area contributed by atoms with E-state index < -0.39 is 0 Å². The number of ketones is 1. The summed E-state index contributed by atoms with van der Waals surface area (Å²) in [5, 5.41) is 6.62. The fourth-order valence-electron chi connectivity index (χ4n) is 3.54. The van der Waals surface area contributed by atoms with Gasteiger partial charge in [0, 0.05) is 41.8 Å². The summed E-state index contributed by atoms with van der Waals surface area (Å²) in [7, 11) is 0. The van der Waals surface area contributed by atoms with Crippen LogP contribution in [0.4, 0.5) is 28.7 Å². The second-order valence-electron chi connectivity index (χ2n) is 7.31. The largest absolute Gasteiger partial charge is 0.372 e. The van der Waals surface area contributed by atoms with E-state index in [1.807, 2.05) is 31.2 Å². The maximum Gasteiger partial charge on any atom is 0.159 e. The zero-order valence-corrected chi connectivity index (χ0v) is 16.8. The standard InChI is InChI=1S/C23H25N5O/c1-16(29)18-6-5-7-20(14-18)27-23-15-22(24-17(2)25-23)26-19-8-10-21(11-9-19)28-12-3-4-13-28/h5-11,14-15H,3-4,12-13H2,1-2H3,(H2,24,25,26,27). The number of aromatic nitrogens is 2. The van der Waals surface area contributed by atoms with E-state index in [4.69, 9.17) is 0 Å². The number of Topliss-reactive ketones (excluding diaryl/α,β-unsaturated/α-hetero) is 1. The van der Waals surface area contributed by atoms with Crippen molar-refractivity contribution in [3.8, 4) is 0 Å². The second-order valence-corrected chi connectivity index (χ2v) is 7.31. The smallest absolute Gasteiger partial charge is 0.159 e. The predicted octanol–water partition coefficient (Wildman–Crippen LogP) is 5.08. The van der Waals surface area contributed by atoms with Crippen molar-refractivity contribution in [1.82, 2.24) is 9.97 Å². The first kappa shape index (κ1) is 18.9. The van der Waals surface area contributed by atoms with Crippen LogP contribution in [0.15, 0.2) is 54.6 Å². The highest BCUT2D eigenvalue weighted by Crippen LogP contribution is 2.25. The average Bonchev–Trinajstić information content (AvgIpc) is 3.23. The number of hydrogen-bond acceptors (Lipinski definition) is 6. The minimum absolute atomic E-state index is 0.0345. The molecule has 0 atom stereocenters. The zero-order valence-electron chi connectivity index (χ0n) is 16.8. The van der Waals surface area contributed by atoms with Crippen LogP contribution in [0, 0.1) is 6.92 Å². The van der Waals surface area contributed by atoms with Gasteiger partial charge in [-0.15, -0.1) is 0 Å². The molecule has 6 heteroatoms. The Morgan fingerprint density at radius 3 is 2.21 bits per heavy atom. The number of aryl methyl sites for hydroxylation is 1. The zero-order chi connectivity index (χ0) is 20.2. The van der Waals surface area contributed by atoms with E-state index in [0.29, 0.717) is 17.2 Å². The van der Waals surface area contributed by atoms with Gasteiger partial charge in [0.25, 0.3) is 0 Å². The molecule has 29 heavy (non-hydrogen) atoms. The molecule has 6 nitrogen and oxygen atoms in total. The minimum atomic E-state index is 0.0345. The van der Waals surface area contributed by atoms with E-state index in [1.54, 1.807) is 13.0 Å². The van der Waals surface area contributed by atoms with E-state index in [2.05, 4.69) is 49.8 Å². The quantitative estimate of drug-likeness (QED) is 0.575. The number of anilines is 5. The third-order valence-electron chi connectivity index (χ3n) is 4.99. The molecule has 0 unspecified atom stereocenters. The van der Waals surface area contributed by atoms with Gasteiger partial charge in [0.1, 0.15) is 17.5 Å². The van der Waals surface area contributed by atoms with Gasteiger partial charge in [-0.1, -0.05) is 12.1 Å². The molecule has 1 aliphatic rings. The van der Waals surface area contributed by atoms with Gasteiger partial charge >= 0.3 is 0 Å². The number of nitrogens with zero attached hydrogens (tertiary/aromatic N) is 3. The van der Waals surface area contributed by atoms with Gasteiger partial charge in [-0.05, 0) is 63.1 Å². The topological polar surface area (TPSA) is 70.2 Å². The molecule has 0 aliphatic carbocycles. The van der Waals surface area contributed by atoms with Crippen LogP contribution in [0.25, 0.3) is 0 Å². The Kier molecular flexibility index (Phi) is 5.42. The fraction of sp³-hybridized carbons (Fsp3) is 0.261. The maximum absolute atomic E-state index is 11.6. The van der Waals surface area contributed by atoms with E-state index in [1.165, 1.54) is 18.5 Å². The Bertz CT molecular complexity index is 1010. The molecule has 2 N–H and O–H groups in total. The molecule has 0 bridgehead atoms.